The van der Waals surface area contributed by atoms with Crippen LogP contribution in [0.1, 0.15) is 6.92 Å². The monoisotopic (exact) mass is 264 g/mol. The first-order chi connectivity index (χ1) is 9.31. The molecule has 9 heteroatoms. The van der Waals surface area contributed by atoms with Crippen molar-refractivity contribution in [3.63, 3.8) is 0 Å². The number of nitrogens with one attached hydrogen (secondary N) is 2. The molecule has 0 aromatic carbocycles. The van der Waals surface area contributed by atoms with Crippen molar-refractivity contribution in [3.05, 3.63) is 18.7 Å². The molecule has 102 valence electrons. The minimum atomic E-state index is 0.232. The van der Waals surface area contributed by atoms with E-state index in [9.17, 15) is 0 Å². The minimum absolute atomic E-state index is 0.232. The molecule has 9 nitrogen and oxygen atoms in total. The number of nitrogens with two attached hydrogens (primary N) is 1. The highest BCUT2D eigenvalue weighted by Gasteiger charge is 2.05. The Balaban J connectivity index is 1.96. The molecule has 0 aliphatic heterocycles. The highest BCUT2D eigenvalue weighted by atomic mass is 16.5. The predicted octanol–water partition coefficient (Wildman–Crippen LogP) is -0.135. The summed E-state index contributed by atoms with van der Waals surface area (Å²) in [7, 11) is 0. The first kappa shape index (κ1) is 13.0. The van der Waals surface area contributed by atoms with Crippen LogP contribution in [0, 0.1) is 0 Å². The summed E-state index contributed by atoms with van der Waals surface area (Å²) in [6, 6.07) is 0.232. The van der Waals surface area contributed by atoms with Gasteiger partial charge >= 0.3 is 6.01 Å². The molecule has 0 radical (unpaired) electrons. The molecule has 0 fully saturated rings. The maximum Gasteiger partial charge on any atom is 0.323 e. The maximum absolute atomic E-state index is 5.29. The van der Waals surface area contributed by atoms with E-state index in [0.717, 1.165) is 6.54 Å². The number of ether oxygens (including phenoxy) is 1. The molecule has 0 atom stereocenters. The van der Waals surface area contributed by atoms with E-state index in [1.807, 2.05) is 17.7 Å². The normalized spacial score (nSPS) is 10.2. The van der Waals surface area contributed by atoms with Gasteiger partial charge in [0, 0.05) is 25.5 Å². The highest BCUT2D eigenvalue weighted by molar-refractivity contribution is 5.34. The van der Waals surface area contributed by atoms with E-state index in [-0.39, 0.29) is 12.0 Å². The largest absolute Gasteiger partial charge is 0.464 e. The number of hydrogen-bond acceptors (Lipinski definition) is 8. The lowest BCUT2D eigenvalue weighted by molar-refractivity contribution is 0.312. The molecule has 0 spiro atoms. The van der Waals surface area contributed by atoms with Crippen molar-refractivity contribution in [2.24, 2.45) is 5.84 Å². The fourth-order valence-electron chi connectivity index (χ4n) is 1.41. The van der Waals surface area contributed by atoms with Crippen molar-refractivity contribution in [2.75, 3.05) is 23.9 Å². The second-order valence-electron chi connectivity index (χ2n) is 3.57. The number of rotatable bonds is 7. The number of nitrogen functional groups attached to an aromatic ring is 1. The Kier molecular flexibility index (Phi) is 4.45. The van der Waals surface area contributed by atoms with Gasteiger partial charge in [-0.3, -0.25) is 5.43 Å². The SMILES string of the molecule is CCOc1nc(NN)nc(NCCn2ccnc2)n1. The molecule has 2 heterocycles. The number of aromatic nitrogens is 5. The van der Waals surface area contributed by atoms with Crippen LogP contribution in [-0.4, -0.2) is 37.7 Å². The first-order valence-corrected chi connectivity index (χ1v) is 5.87. The summed E-state index contributed by atoms with van der Waals surface area (Å²) in [4.78, 5) is 16.1. The van der Waals surface area contributed by atoms with E-state index in [1.165, 1.54) is 0 Å². The quantitative estimate of drug-likeness (QED) is 0.467. The predicted molar refractivity (Wildman–Crippen MR) is 69.5 cm³/mol. The third kappa shape index (κ3) is 3.78. The van der Waals surface area contributed by atoms with Crippen LogP contribution in [0.15, 0.2) is 18.7 Å². The molecule has 0 aliphatic rings. The highest BCUT2D eigenvalue weighted by Crippen LogP contribution is 2.10. The van der Waals surface area contributed by atoms with Gasteiger partial charge in [0.1, 0.15) is 0 Å². The van der Waals surface area contributed by atoms with Crippen LogP contribution in [0.3, 0.4) is 0 Å². The summed E-state index contributed by atoms with van der Waals surface area (Å²) in [5, 5.41) is 3.07. The molecule has 0 aliphatic carbocycles. The van der Waals surface area contributed by atoms with Gasteiger partial charge in [0.2, 0.25) is 11.9 Å². The Labute approximate surface area is 110 Å². The van der Waals surface area contributed by atoms with Gasteiger partial charge in [-0.2, -0.15) is 15.0 Å². The Morgan fingerprint density at radius 2 is 2.16 bits per heavy atom. The lowest BCUT2D eigenvalue weighted by atomic mass is 10.6. The Morgan fingerprint density at radius 1 is 1.32 bits per heavy atom. The van der Waals surface area contributed by atoms with Gasteiger partial charge in [0.25, 0.3) is 0 Å². The molecule has 2 aromatic rings. The van der Waals surface area contributed by atoms with Crippen LogP contribution in [0.5, 0.6) is 6.01 Å². The van der Waals surface area contributed by atoms with Gasteiger partial charge in [0.05, 0.1) is 12.9 Å². The standard InChI is InChI=1S/C10H16N8O/c1-2-19-10-15-8(14-9(16-10)17-11)13-4-6-18-5-3-12-7-18/h3,5,7H,2,4,6,11H2,1H3,(H2,13,14,15,16,17). The van der Waals surface area contributed by atoms with E-state index < -0.39 is 0 Å². The molecule has 0 saturated carbocycles. The molecule has 0 unspecified atom stereocenters. The second-order valence-corrected chi connectivity index (χ2v) is 3.57. The van der Waals surface area contributed by atoms with Gasteiger partial charge in [-0.05, 0) is 6.92 Å². The Morgan fingerprint density at radius 3 is 2.84 bits per heavy atom. The van der Waals surface area contributed by atoms with Crippen molar-refractivity contribution in [3.8, 4) is 6.01 Å². The third-order valence-corrected chi connectivity index (χ3v) is 2.23. The van der Waals surface area contributed by atoms with Gasteiger partial charge in [-0.15, -0.1) is 0 Å². The van der Waals surface area contributed by atoms with Crippen LogP contribution in [0.4, 0.5) is 11.9 Å². The fourth-order valence-corrected chi connectivity index (χ4v) is 1.41. The first-order valence-electron chi connectivity index (χ1n) is 5.87. The maximum atomic E-state index is 5.29. The summed E-state index contributed by atoms with van der Waals surface area (Å²) in [6.07, 6.45) is 5.35. The van der Waals surface area contributed by atoms with Crippen LogP contribution in [-0.2, 0) is 6.54 Å². The fraction of sp³-hybridized carbons (Fsp3) is 0.400. The van der Waals surface area contributed by atoms with Gasteiger partial charge in [-0.1, -0.05) is 0 Å². The van der Waals surface area contributed by atoms with E-state index in [0.29, 0.717) is 19.1 Å². The van der Waals surface area contributed by atoms with E-state index in [4.69, 9.17) is 10.6 Å². The molecular weight excluding hydrogens is 248 g/mol. The average molecular weight is 264 g/mol. The zero-order valence-corrected chi connectivity index (χ0v) is 10.6. The molecule has 0 amide bonds. The van der Waals surface area contributed by atoms with E-state index in [2.05, 4.69) is 30.7 Å². The van der Waals surface area contributed by atoms with E-state index in [1.54, 1.807) is 12.5 Å². The van der Waals surface area contributed by atoms with E-state index >= 15 is 0 Å². The number of hydrazine groups is 1. The molecule has 19 heavy (non-hydrogen) atoms. The number of imidazole rings is 1. The molecule has 4 N–H and O–H groups in total. The summed E-state index contributed by atoms with van der Waals surface area (Å²) < 4.78 is 7.17. The van der Waals surface area contributed by atoms with Crippen molar-refractivity contribution >= 4 is 11.9 Å². The zero-order valence-electron chi connectivity index (χ0n) is 10.6. The summed E-state index contributed by atoms with van der Waals surface area (Å²) in [5.74, 6) is 5.95. The van der Waals surface area contributed by atoms with Crippen LogP contribution >= 0.6 is 0 Å². The second kappa shape index (κ2) is 6.50. The molecule has 2 aromatic heterocycles. The molecule has 2 rings (SSSR count). The van der Waals surface area contributed by atoms with Crippen molar-refractivity contribution < 1.29 is 4.74 Å². The Hall–Kier alpha value is -2.42. The topological polar surface area (TPSA) is 116 Å². The summed E-state index contributed by atoms with van der Waals surface area (Å²) in [6.45, 7) is 3.73. The number of anilines is 2. The van der Waals surface area contributed by atoms with Crippen molar-refractivity contribution in [1.82, 2.24) is 24.5 Å². The van der Waals surface area contributed by atoms with Gasteiger partial charge in [-0.25, -0.2) is 10.8 Å². The Bertz CT molecular complexity index is 500. The summed E-state index contributed by atoms with van der Waals surface area (Å²) in [5.41, 5.74) is 2.37. The molecule has 0 saturated heterocycles. The molecule has 0 bridgehead atoms. The molecular formula is C10H16N8O. The van der Waals surface area contributed by atoms with Gasteiger partial charge < -0.3 is 14.6 Å². The lowest BCUT2D eigenvalue weighted by Gasteiger charge is -2.08. The number of hydrogen-bond donors (Lipinski definition) is 3. The average Bonchev–Trinajstić information content (AvgIpc) is 2.92. The van der Waals surface area contributed by atoms with Crippen molar-refractivity contribution in [1.29, 1.82) is 0 Å². The van der Waals surface area contributed by atoms with Gasteiger partial charge in [0.15, 0.2) is 0 Å². The third-order valence-electron chi connectivity index (χ3n) is 2.23. The lowest BCUT2D eigenvalue weighted by Crippen LogP contribution is -2.16. The smallest absolute Gasteiger partial charge is 0.323 e. The minimum Gasteiger partial charge on any atom is -0.464 e. The van der Waals surface area contributed by atoms with Crippen LogP contribution in [0.2, 0.25) is 0 Å². The summed E-state index contributed by atoms with van der Waals surface area (Å²) >= 11 is 0. The zero-order chi connectivity index (χ0) is 13.5. The van der Waals surface area contributed by atoms with Crippen molar-refractivity contribution in [2.45, 2.75) is 13.5 Å². The van der Waals surface area contributed by atoms with Crippen LogP contribution < -0.4 is 21.3 Å². The van der Waals surface area contributed by atoms with Crippen LogP contribution in [0.25, 0.3) is 0 Å². The number of nitrogens with zero attached hydrogens (tertiary/aromatic N) is 5.